The van der Waals surface area contributed by atoms with Gasteiger partial charge in [-0.2, -0.15) is 0 Å². The zero-order valence-electron chi connectivity index (χ0n) is 12.5. The highest BCUT2D eigenvalue weighted by Gasteiger charge is 2.21. The molecular formula is C13H26N4O3. The van der Waals surface area contributed by atoms with Crippen molar-refractivity contribution in [3.8, 4) is 0 Å². The summed E-state index contributed by atoms with van der Waals surface area (Å²) < 4.78 is 4.88. The molecule has 2 N–H and O–H groups in total. The van der Waals surface area contributed by atoms with Crippen molar-refractivity contribution in [1.29, 1.82) is 0 Å². The summed E-state index contributed by atoms with van der Waals surface area (Å²) in [6, 6.07) is 0. The number of carbonyl (C=O) groups excluding carboxylic acids is 2. The molecule has 2 amide bonds. The van der Waals surface area contributed by atoms with Crippen molar-refractivity contribution in [2.24, 2.45) is 0 Å². The number of ether oxygens (including phenoxy) is 1. The van der Waals surface area contributed by atoms with E-state index in [1.165, 1.54) is 0 Å². The van der Waals surface area contributed by atoms with Crippen LogP contribution in [0.2, 0.25) is 0 Å². The van der Waals surface area contributed by atoms with Crippen LogP contribution in [-0.2, 0) is 14.3 Å². The van der Waals surface area contributed by atoms with Crippen molar-refractivity contribution in [2.45, 2.75) is 6.42 Å². The zero-order valence-corrected chi connectivity index (χ0v) is 12.5. The van der Waals surface area contributed by atoms with Gasteiger partial charge in [0.25, 0.3) is 0 Å². The summed E-state index contributed by atoms with van der Waals surface area (Å²) in [5.74, 6) is 0.195. The molecular weight excluding hydrogens is 260 g/mol. The van der Waals surface area contributed by atoms with Crippen molar-refractivity contribution < 1.29 is 14.3 Å². The third kappa shape index (κ3) is 6.31. The maximum absolute atomic E-state index is 11.8. The lowest BCUT2D eigenvalue weighted by molar-refractivity contribution is -0.133. The monoisotopic (exact) mass is 286 g/mol. The maximum Gasteiger partial charge on any atom is 0.234 e. The number of nitrogens with one attached hydrogen (secondary N) is 2. The van der Waals surface area contributed by atoms with Crippen molar-refractivity contribution in [3.05, 3.63) is 0 Å². The number of hydrogen-bond acceptors (Lipinski definition) is 5. The van der Waals surface area contributed by atoms with Crippen molar-refractivity contribution in [3.63, 3.8) is 0 Å². The van der Waals surface area contributed by atoms with E-state index in [9.17, 15) is 9.59 Å². The highest BCUT2D eigenvalue weighted by Crippen LogP contribution is 2.03. The van der Waals surface area contributed by atoms with E-state index in [0.717, 1.165) is 13.1 Å². The molecule has 1 aliphatic rings. The molecule has 1 heterocycles. The van der Waals surface area contributed by atoms with Crippen LogP contribution in [-0.4, -0.2) is 88.2 Å². The number of carbonyl (C=O) groups is 2. The molecule has 0 aromatic carbocycles. The van der Waals surface area contributed by atoms with E-state index in [-0.39, 0.29) is 11.8 Å². The van der Waals surface area contributed by atoms with Gasteiger partial charge in [-0.15, -0.1) is 0 Å². The Balaban J connectivity index is 2.18. The van der Waals surface area contributed by atoms with Crippen molar-refractivity contribution in [1.82, 2.24) is 20.4 Å². The predicted octanol–water partition coefficient (Wildman–Crippen LogP) is -1.50. The third-order valence-corrected chi connectivity index (χ3v) is 3.31. The second-order valence-corrected chi connectivity index (χ2v) is 4.85. The first-order valence-electron chi connectivity index (χ1n) is 7.07. The van der Waals surface area contributed by atoms with Gasteiger partial charge in [-0.05, 0) is 7.05 Å². The molecule has 0 aromatic heterocycles. The van der Waals surface area contributed by atoms with Crippen LogP contribution < -0.4 is 10.6 Å². The number of piperazine rings is 1. The van der Waals surface area contributed by atoms with Gasteiger partial charge in [-0.1, -0.05) is 0 Å². The Morgan fingerprint density at radius 1 is 1.15 bits per heavy atom. The molecule has 7 heteroatoms. The number of rotatable bonds is 8. The van der Waals surface area contributed by atoms with Crippen LogP contribution in [0.25, 0.3) is 0 Å². The average Bonchev–Trinajstić information content (AvgIpc) is 2.46. The van der Waals surface area contributed by atoms with Gasteiger partial charge in [0.1, 0.15) is 0 Å². The zero-order chi connectivity index (χ0) is 14.8. The van der Waals surface area contributed by atoms with Crippen LogP contribution in [0, 0.1) is 0 Å². The molecule has 0 bridgehead atoms. The molecule has 0 aromatic rings. The molecule has 1 aliphatic heterocycles. The Bertz CT molecular complexity index is 304. The average molecular weight is 286 g/mol. The largest absolute Gasteiger partial charge is 0.383 e. The van der Waals surface area contributed by atoms with E-state index < -0.39 is 0 Å². The lowest BCUT2D eigenvalue weighted by atomic mass is 10.2. The topological polar surface area (TPSA) is 73.9 Å². The fourth-order valence-electron chi connectivity index (χ4n) is 2.10. The molecule has 0 spiro atoms. The minimum Gasteiger partial charge on any atom is -0.383 e. The molecule has 0 saturated carbocycles. The van der Waals surface area contributed by atoms with E-state index in [1.54, 1.807) is 7.11 Å². The van der Waals surface area contributed by atoms with Crippen LogP contribution in [0.4, 0.5) is 0 Å². The number of nitrogens with zero attached hydrogens (tertiary/aromatic N) is 2. The summed E-state index contributed by atoms with van der Waals surface area (Å²) in [6.45, 7) is 5.08. The van der Waals surface area contributed by atoms with Crippen LogP contribution in [0.15, 0.2) is 0 Å². The highest BCUT2D eigenvalue weighted by molar-refractivity contribution is 5.78. The molecule has 0 radical (unpaired) electrons. The van der Waals surface area contributed by atoms with Gasteiger partial charge < -0.3 is 20.3 Å². The number of hydrogen-bond donors (Lipinski definition) is 2. The van der Waals surface area contributed by atoms with Crippen LogP contribution in [0.3, 0.4) is 0 Å². The van der Waals surface area contributed by atoms with Gasteiger partial charge in [-0.25, -0.2) is 0 Å². The molecule has 0 unspecified atom stereocenters. The highest BCUT2D eigenvalue weighted by atomic mass is 16.5. The molecule has 0 atom stereocenters. The van der Waals surface area contributed by atoms with E-state index in [1.807, 2.05) is 11.9 Å². The van der Waals surface area contributed by atoms with Gasteiger partial charge in [-0.3, -0.25) is 14.5 Å². The second-order valence-electron chi connectivity index (χ2n) is 4.85. The lowest BCUT2D eigenvalue weighted by Crippen LogP contribution is -2.51. The van der Waals surface area contributed by atoms with Gasteiger partial charge in [0, 0.05) is 52.8 Å². The molecule has 116 valence electrons. The smallest absolute Gasteiger partial charge is 0.234 e. The van der Waals surface area contributed by atoms with Crippen molar-refractivity contribution >= 4 is 11.8 Å². The first-order valence-corrected chi connectivity index (χ1v) is 7.07. The maximum atomic E-state index is 11.8. The van der Waals surface area contributed by atoms with Gasteiger partial charge in [0.2, 0.25) is 11.8 Å². The number of amides is 2. The molecule has 20 heavy (non-hydrogen) atoms. The Labute approximate surface area is 120 Å². The standard InChI is InChI=1S/C13H26N4O3/c1-14-4-3-13(19)17-8-6-16(7-9-17)11-12(18)15-5-10-20-2/h14H,3-11H2,1-2H3,(H,15,18). The molecule has 1 rings (SSSR count). The van der Waals surface area contributed by atoms with Crippen LogP contribution in [0.5, 0.6) is 0 Å². The Morgan fingerprint density at radius 2 is 1.85 bits per heavy atom. The first-order chi connectivity index (χ1) is 9.67. The summed E-state index contributed by atoms with van der Waals surface area (Å²) in [5.41, 5.74) is 0. The normalized spacial score (nSPS) is 16.2. The fourth-order valence-corrected chi connectivity index (χ4v) is 2.10. The quantitative estimate of drug-likeness (QED) is 0.532. The first kappa shape index (κ1) is 16.9. The van der Waals surface area contributed by atoms with Gasteiger partial charge >= 0.3 is 0 Å². The minimum absolute atomic E-state index is 0.0111. The SMILES string of the molecule is CNCCC(=O)N1CCN(CC(=O)NCCOC)CC1. The fraction of sp³-hybridized carbons (Fsp3) is 0.846. The molecule has 1 saturated heterocycles. The summed E-state index contributed by atoms with van der Waals surface area (Å²) in [5, 5.41) is 5.77. The molecule has 1 fully saturated rings. The van der Waals surface area contributed by atoms with Crippen LogP contribution in [0.1, 0.15) is 6.42 Å². The van der Waals surface area contributed by atoms with Crippen LogP contribution >= 0.6 is 0 Å². The summed E-state index contributed by atoms with van der Waals surface area (Å²) in [4.78, 5) is 27.4. The molecule has 7 nitrogen and oxygen atoms in total. The Hall–Kier alpha value is -1.18. The number of methoxy groups -OCH3 is 1. The van der Waals surface area contributed by atoms with E-state index in [4.69, 9.17) is 4.74 Å². The van der Waals surface area contributed by atoms with Gasteiger partial charge in [0.05, 0.1) is 13.2 Å². The molecule has 0 aliphatic carbocycles. The minimum atomic E-state index is 0.0111. The Morgan fingerprint density at radius 3 is 2.45 bits per heavy atom. The van der Waals surface area contributed by atoms with E-state index in [0.29, 0.717) is 45.8 Å². The third-order valence-electron chi connectivity index (χ3n) is 3.31. The summed E-state index contributed by atoms with van der Waals surface area (Å²) in [7, 11) is 3.45. The lowest BCUT2D eigenvalue weighted by Gasteiger charge is -2.34. The summed E-state index contributed by atoms with van der Waals surface area (Å²) >= 11 is 0. The second kappa shape index (κ2) is 9.68. The predicted molar refractivity (Wildman–Crippen MR) is 76.4 cm³/mol. The van der Waals surface area contributed by atoms with E-state index in [2.05, 4.69) is 15.5 Å². The van der Waals surface area contributed by atoms with E-state index >= 15 is 0 Å². The van der Waals surface area contributed by atoms with Gasteiger partial charge in [0.15, 0.2) is 0 Å². The van der Waals surface area contributed by atoms with Crippen molar-refractivity contribution in [2.75, 3.05) is 66.6 Å². The Kier molecular flexibility index (Phi) is 8.17. The summed E-state index contributed by atoms with van der Waals surface area (Å²) in [6.07, 6.45) is 0.536.